The van der Waals surface area contributed by atoms with E-state index in [4.69, 9.17) is 0 Å². The molecule has 220 valence electrons. The fourth-order valence-corrected chi connectivity index (χ4v) is 7.75. The van der Waals surface area contributed by atoms with Crippen LogP contribution in [0, 0.1) is 0 Å². The quantitative estimate of drug-likeness (QED) is 0.189. The molecule has 1 nitrogen and oxygen atoms in total. The van der Waals surface area contributed by atoms with Crippen molar-refractivity contribution < 1.29 is 0 Å². The Morgan fingerprint density at radius 2 is 0.644 bits per heavy atom. The molecule has 0 aliphatic heterocycles. The third kappa shape index (κ3) is 5.27. The van der Waals surface area contributed by atoms with Gasteiger partial charge in [-0.3, -0.25) is 0 Å². The monoisotopic (exact) mass is 581 g/mol. The lowest BCUT2D eigenvalue weighted by Crippen LogP contribution is -2.21. The van der Waals surface area contributed by atoms with Gasteiger partial charge in [0.15, 0.2) is 0 Å². The predicted octanol–water partition coefficient (Wildman–Crippen LogP) is 11.9. The second kappa shape index (κ2) is 12.3. The van der Waals surface area contributed by atoms with Gasteiger partial charge in [0.25, 0.3) is 0 Å². The van der Waals surface area contributed by atoms with Gasteiger partial charge in [-0.15, -0.1) is 0 Å². The van der Waals surface area contributed by atoms with Crippen LogP contribution in [-0.4, -0.2) is 0 Å². The lowest BCUT2D eigenvalue weighted by Gasteiger charge is -2.37. The fraction of sp³-hybridized carbons (Fsp3) is 0.182. The number of benzene rings is 6. The van der Waals surface area contributed by atoms with Crippen molar-refractivity contribution in [3.63, 3.8) is 0 Å². The van der Waals surface area contributed by atoms with Crippen molar-refractivity contribution in [3.05, 3.63) is 162 Å². The predicted molar refractivity (Wildman–Crippen MR) is 191 cm³/mol. The molecule has 8 rings (SSSR count). The Hall–Kier alpha value is -4.88. The van der Waals surface area contributed by atoms with E-state index < -0.39 is 0 Å². The molecule has 0 bridgehead atoms. The van der Waals surface area contributed by atoms with Crippen LogP contribution in [0.4, 0.5) is 17.1 Å². The number of rotatable bonds is 6. The molecule has 0 spiro atoms. The second-order valence-electron chi connectivity index (χ2n) is 12.6. The summed E-state index contributed by atoms with van der Waals surface area (Å²) in [7, 11) is 0. The molecule has 0 amide bonds. The van der Waals surface area contributed by atoms with E-state index in [-0.39, 0.29) is 0 Å². The highest BCUT2D eigenvalue weighted by atomic mass is 15.1. The van der Waals surface area contributed by atoms with Gasteiger partial charge in [-0.05, 0) is 131 Å². The molecule has 0 aromatic heterocycles. The topological polar surface area (TPSA) is 3.24 Å². The molecule has 6 aromatic carbocycles. The standard InChI is InChI=1S/C44H39N/c1-4-14-32(15-5-1)34-24-28-37(29-25-34)45(38-30-26-35(27-31-38)33-16-6-2-7-17-33)44-41-22-12-10-20-39(41)43(36-18-8-3-9-19-36)40-21-11-13-23-42(40)44/h1-9,14-19,24-31H,10-13,20-23H2. The van der Waals surface area contributed by atoms with Crippen molar-refractivity contribution in [2.24, 2.45) is 0 Å². The molecule has 0 saturated heterocycles. The lowest BCUT2D eigenvalue weighted by molar-refractivity contribution is 0.661. The SMILES string of the molecule is c1ccc(-c2ccc(N(c3ccc(-c4ccccc4)cc3)c3c4c(c(-c5ccccc5)c5c3CCCC5)CCCC4)cc2)cc1. The summed E-state index contributed by atoms with van der Waals surface area (Å²) >= 11 is 0. The number of nitrogens with zero attached hydrogens (tertiary/aromatic N) is 1. The van der Waals surface area contributed by atoms with Gasteiger partial charge in [-0.2, -0.15) is 0 Å². The molecule has 0 radical (unpaired) electrons. The third-order valence-electron chi connectivity index (χ3n) is 9.86. The number of anilines is 3. The van der Waals surface area contributed by atoms with Crippen LogP contribution in [-0.2, 0) is 25.7 Å². The second-order valence-corrected chi connectivity index (χ2v) is 12.6. The Morgan fingerprint density at radius 3 is 1.04 bits per heavy atom. The van der Waals surface area contributed by atoms with Crippen molar-refractivity contribution in [3.8, 4) is 33.4 Å². The minimum absolute atomic E-state index is 1.14. The van der Waals surface area contributed by atoms with E-state index >= 15 is 0 Å². The lowest BCUT2D eigenvalue weighted by atomic mass is 9.75. The molecular weight excluding hydrogens is 542 g/mol. The average Bonchev–Trinajstić information content (AvgIpc) is 3.13. The molecular formula is C44H39N. The van der Waals surface area contributed by atoms with E-state index in [0.29, 0.717) is 0 Å². The van der Waals surface area contributed by atoms with E-state index in [2.05, 4.69) is 144 Å². The van der Waals surface area contributed by atoms with Gasteiger partial charge in [0, 0.05) is 11.4 Å². The zero-order chi connectivity index (χ0) is 30.0. The van der Waals surface area contributed by atoms with Gasteiger partial charge in [-0.1, -0.05) is 115 Å². The summed E-state index contributed by atoms with van der Waals surface area (Å²) < 4.78 is 0. The van der Waals surface area contributed by atoms with E-state index in [1.165, 1.54) is 70.6 Å². The van der Waals surface area contributed by atoms with Crippen molar-refractivity contribution in [1.82, 2.24) is 0 Å². The Bertz CT molecular complexity index is 1780. The molecule has 0 atom stereocenters. The van der Waals surface area contributed by atoms with Crippen molar-refractivity contribution in [2.45, 2.75) is 51.4 Å². The van der Waals surface area contributed by atoms with Crippen molar-refractivity contribution in [1.29, 1.82) is 0 Å². The molecule has 0 fully saturated rings. The Balaban J connectivity index is 1.34. The highest BCUT2D eigenvalue weighted by molar-refractivity contribution is 5.89. The van der Waals surface area contributed by atoms with Crippen LogP contribution in [0.5, 0.6) is 0 Å². The molecule has 0 unspecified atom stereocenters. The number of hydrogen-bond donors (Lipinski definition) is 0. The molecule has 2 aliphatic carbocycles. The molecule has 1 heteroatoms. The van der Waals surface area contributed by atoms with E-state index in [1.807, 2.05) is 0 Å². The largest absolute Gasteiger partial charge is 0.310 e. The first kappa shape index (κ1) is 27.7. The van der Waals surface area contributed by atoms with E-state index in [1.54, 1.807) is 27.8 Å². The summed E-state index contributed by atoms with van der Waals surface area (Å²) in [6.07, 6.45) is 9.63. The highest BCUT2D eigenvalue weighted by Crippen LogP contribution is 2.50. The number of hydrogen-bond acceptors (Lipinski definition) is 1. The van der Waals surface area contributed by atoms with Crippen LogP contribution < -0.4 is 4.90 Å². The third-order valence-corrected chi connectivity index (χ3v) is 9.86. The van der Waals surface area contributed by atoms with Crippen LogP contribution in [0.1, 0.15) is 47.9 Å². The van der Waals surface area contributed by atoms with E-state index in [0.717, 1.165) is 25.7 Å². The van der Waals surface area contributed by atoms with Crippen LogP contribution >= 0.6 is 0 Å². The zero-order valence-electron chi connectivity index (χ0n) is 25.9. The minimum Gasteiger partial charge on any atom is -0.310 e. The minimum atomic E-state index is 1.14. The van der Waals surface area contributed by atoms with Gasteiger partial charge in [0.1, 0.15) is 0 Å². The van der Waals surface area contributed by atoms with Crippen molar-refractivity contribution in [2.75, 3.05) is 4.90 Å². The molecule has 0 saturated carbocycles. The highest BCUT2D eigenvalue weighted by Gasteiger charge is 2.31. The first-order valence-corrected chi connectivity index (χ1v) is 16.7. The molecule has 0 heterocycles. The van der Waals surface area contributed by atoms with Gasteiger partial charge >= 0.3 is 0 Å². The Morgan fingerprint density at radius 1 is 0.311 bits per heavy atom. The number of fused-ring (bicyclic) bond motifs is 2. The van der Waals surface area contributed by atoms with Gasteiger partial charge < -0.3 is 4.90 Å². The van der Waals surface area contributed by atoms with Crippen LogP contribution in [0.2, 0.25) is 0 Å². The van der Waals surface area contributed by atoms with Crippen LogP contribution in [0.3, 0.4) is 0 Å². The van der Waals surface area contributed by atoms with Crippen LogP contribution in [0.25, 0.3) is 33.4 Å². The van der Waals surface area contributed by atoms with Crippen LogP contribution in [0.15, 0.2) is 140 Å². The first-order valence-electron chi connectivity index (χ1n) is 16.7. The van der Waals surface area contributed by atoms with Crippen molar-refractivity contribution >= 4 is 17.1 Å². The summed E-state index contributed by atoms with van der Waals surface area (Å²) in [4.78, 5) is 2.60. The summed E-state index contributed by atoms with van der Waals surface area (Å²) in [5.74, 6) is 0. The maximum atomic E-state index is 2.60. The first-order chi connectivity index (χ1) is 22.3. The normalized spacial score (nSPS) is 14.0. The van der Waals surface area contributed by atoms with Gasteiger partial charge in [-0.25, -0.2) is 0 Å². The average molecular weight is 582 g/mol. The molecule has 2 aliphatic rings. The molecule has 45 heavy (non-hydrogen) atoms. The van der Waals surface area contributed by atoms with Gasteiger partial charge in [0.05, 0.1) is 5.69 Å². The summed E-state index contributed by atoms with van der Waals surface area (Å²) in [6, 6.07) is 51.2. The van der Waals surface area contributed by atoms with E-state index in [9.17, 15) is 0 Å². The summed E-state index contributed by atoms with van der Waals surface area (Å²) in [5.41, 5.74) is 18.2. The summed E-state index contributed by atoms with van der Waals surface area (Å²) in [5, 5.41) is 0. The molecule has 6 aromatic rings. The zero-order valence-corrected chi connectivity index (χ0v) is 25.9. The Kier molecular flexibility index (Phi) is 7.53. The molecule has 0 N–H and O–H groups in total. The maximum Gasteiger partial charge on any atom is 0.0531 e. The fourth-order valence-electron chi connectivity index (χ4n) is 7.75. The summed E-state index contributed by atoms with van der Waals surface area (Å²) in [6.45, 7) is 0. The maximum absolute atomic E-state index is 2.60. The van der Waals surface area contributed by atoms with Gasteiger partial charge in [0.2, 0.25) is 0 Å². The Labute approximate surface area is 267 Å². The smallest absolute Gasteiger partial charge is 0.0531 e.